The zero-order valence-electron chi connectivity index (χ0n) is 14.8. The molecule has 158 valence electrons. The first-order chi connectivity index (χ1) is 11.9. The second-order valence-electron chi connectivity index (χ2n) is 6.26. The molecule has 1 aliphatic rings. The van der Waals surface area contributed by atoms with E-state index in [1.54, 1.807) is 7.05 Å². The summed E-state index contributed by atoms with van der Waals surface area (Å²) in [6.07, 6.45) is -9.24. The summed E-state index contributed by atoms with van der Waals surface area (Å²) in [5.74, 6) is -1.73. The monoisotopic (exact) mass is 388 g/mol. The molecule has 12 nitrogen and oxygen atoms in total. The van der Waals surface area contributed by atoms with Gasteiger partial charge < -0.3 is 61.7 Å². The number of aliphatic hydroxyl groups is 9. The van der Waals surface area contributed by atoms with Crippen molar-refractivity contribution >= 4 is 0 Å². The maximum Gasteiger partial charge on any atom is 0.181 e. The Morgan fingerprint density at radius 3 is 1.96 bits per heavy atom. The maximum absolute atomic E-state index is 9.50. The van der Waals surface area contributed by atoms with Crippen molar-refractivity contribution in [3.8, 4) is 0 Å². The Balaban J connectivity index is 0.000000481. The molecule has 1 aliphatic heterocycles. The van der Waals surface area contributed by atoms with E-state index in [1.807, 2.05) is 0 Å². The Labute approximate surface area is 151 Å². The molecule has 12 heteroatoms. The highest BCUT2D eigenvalue weighted by Gasteiger charge is 2.48. The number of likely N-dealkylation sites (N-methyl/N-ethyl adjacent to an activating group) is 1. The van der Waals surface area contributed by atoms with Gasteiger partial charge in [0.1, 0.15) is 36.6 Å². The number of nitrogens with one attached hydrogen (secondary N) is 1. The van der Waals surface area contributed by atoms with Crippen LogP contribution in [0.15, 0.2) is 0 Å². The molecule has 1 rings (SSSR count). The molecule has 0 radical (unpaired) electrons. The van der Waals surface area contributed by atoms with Crippen LogP contribution in [0.5, 0.6) is 0 Å². The number of rotatable bonds is 7. The molecule has 1 heterocycles. The van der Waals surface area contributed by atoms with Crippen molar-refractivity contribution in [3.05, 3.63) is 0 Å². The van der Waals surface area contributed by atoms with Gasteiger partial charge in [-0.1, -0.05) is 0 Å². The Kier molecular flexibility index (Phi) is 11.2. The molecule has 9 atom stereocenters. The minimum absolute atomic E-state index is 0.0936. The van der Waals surface area contributed by atoms with Crippen LogP contribution in [0.2, 0.25) is 0 Å². The van der Waals surface area contributed by atoms with E-state index >= 15 is 0 Å². The second kappa shape index (κ2) is 11.4. The van der Waals surface area contributed by atoms with E-state index in [-0.39, 0.29) is 6.54 Å². The second-order valence-corrected chi connectivity index (χ2v) is 6.26. The Hall–Kier alpha value is -0.480. The van der Waals surface area contributed by atoms with Crippen LogP contribution < -0.4 is 11.1 Å². The van der Waals surface area contributed by atoms with E-state index in [2.05, 4.69) is 5.32 Å². The minimum atomic E-state index is -1.73. The first kappa shape index (κ1) is 25.5. The highest BCUT2D eigenvalue weighted by Crippen LogP contribution is 2.25. The molecular weight excluding hydrogens is 356 g/mol. The van der Waals surface area contributed by atoms with Crippen LogP contribution >= 0.6 is 0 Å². The van der Waals surface area contributed by atoms with Crippen molar-refractivity contribution in [1.29, 1.82) is 0 Å². The van der Waals surface area contributed by atoms with Gasteiger partial charge in [0.15, 0.2) is 5.79 Å². The van der Waals surface area contributed by atoms with E-state index < -0.39 is 67.8 Å². The summed E-state index contributed by atoms with van der Waals surface area (Å²) in [7, 11) is 1.57. The van der Waals surface area contributed by atoms with Gasteiger partial charge in [0, 0.05) is 6.54 Å². The molecule has 0 spiro atoms. The molecule has 26 heavy (non-hydrogen) atoms. The molecule has 0 aliphatic carbocycles. The third-order valence-corrected chi connectivity index (χ3v) is 4.03. The summed E-state index contributed by atoms with van der Waals surface area (Å²) >= 11 is 0. The molecule has 1 saturated heterocycles. The minimum Gasteiger partial charge on any atom is -0.394 e. The number of hydrogen-bond donors (Lipinski definition) is 11. The number of aliphatic hydroxyl groups excluding tert-OH is 8. The van der Waals surface area contributed by atoms with Gasteiger partial charge in [-0.15, -0.1) is 0 Å². The van der Waals surface area contributed by atoms with E-state index in [0.29, 0.717) is 0 Å². The van der Waals surface area contributed by atoms with Crippen LogP contribution in [-0.2, 0) is 4.74 Å². The van der Waals surface area contributed by atoms with E-state index in [4.69, 9.17) is 36.0 Å². The highest BCUT2D eigenvalue weighted by molar-refractivity contribution is 4.96. The summed E-state index contributed by atoms with van der Waals surface area (Å²) < 4.78 is 4.89. The molecule has 1 fully saturated rings. The van der Waals surface area contributed by atoms with Gasteiger partial charge in [-0.3, -0.25) is 0 Å². The molecule has 1 unspecified atom stereocenters. The third kappa shape index (κ3) is 6.92. The van der Waals surface area contributed by atoms with Crippen LogP contribution in [-0.4, -0.2) is 127 Å². The van der Waals surface area contributed by atoms with Gasteiger partial charge >= 0.3 is 0 Å². The summed E-state index contributed by atoms with van der Waals surface area (Å²) in [5, 5.41) is 84.4. The van der Waals surface area contributed by atoms with Gasteiger partial charge in [0.05, 0.1) is 25.4 Å². The van der Waals surface area contributed by atoms with Crippen molar-refractivity contribution < 1.29 is 50.7 Å². The molecule has 12 N–H and O–H groups in total. The largest absolute Gasteiger partial charge is 0.394 e. The van der Waals surface area contributed by atoms with Crippen molar-refractivity contribution in [3.63, 3.8) is 0 Å². The van der Waals surface area contributed by atoms with Crippen molar-refractivity contribution in [1.82, 2.24) is 5.32 Å². The lowest BCUT2D eigenvalue weighted by Crippen LogP contribution is -2.67. The fraction of sp³-hybridized carbons (Fsp3) is 1.00. The zero-order valence-corrected chi connectivity index (χ0v) is 14.8. The number of ether oxygens (including phenoxy) is 1. The average molecular weight is 388 g/mol. The van der Waals surface area contributed by atoms with Crippen LogP contribution in [0.4, 0.5) is 0 Å². The lowest BCUT2D eigenvalue weighted by atomic mass is 9.92. The molecule has 0 aromatic heterocycles. The molecule has 0 aromatic carbocycles. The van der Waals surface area contributed by atoms with Crippen LogP contribution in [0.25, 0.3) is 0 Å². The van der Waals surface area contributed by atoms with Gasteiger partial charge in [-0.25, -0.2) is 0 Å². The van der Waals surface area contributed by atoms with Crippen molar-refractivity contribution in [2.75, 3.05) is 26.8 Å². The predicted molar refractivity (Wildman–Crippen MR) is 87.6 cm³/mol. The average Bonchev–Trinajstić information content (AvgIpc) is 2.61. The van der Waals surface area contributed by atoms with E-state index in [0.717, 1.165) is 0 Å². The highest BCUT2D eigenvalue weighted by atomic mass is 16.6. The van der Waals surface area contributed by atoms with E-state index in [9.17, 15) is 20.4 Å². The molecule has 0 saturated carbocycles. The third-order valence-electron chi connectivity index (χ3n) is 4.03. The Bertz CT molecular complexity index is 387. The molecule has 0 bridgehead atoms. The Morgan fingerprint density at radius 2 is 1.54 bits per heavy atom. The first-order valence-electron chi connectivity index (χ1n) is 8.05. The summed E-state index contributed by atoms with van der Waals surface area (Å²) in [6.45, 7) is 0.220. The first-order valence-corrected chi connectivity index (χ1v) is 8.05. The van der Waals surface area contributed by atoms with Crippen molar-refractivity contribution in [2.45, 2.75) is 61.5 Å². The molecule has 0 aromatic rings. The number of nitrogens with two attached hydrogens (primary N) is 1. The number of hydrogen-bond acceptors (Lipinski definition) is 12. The van der Waals surface area contributed by atoms with Gasteiger partial charge in [0.2, 0.25) is 0 Å². The Morgan fingerprint density at radius 1 is 1.04 bits per heavy atom. The van der Waals surface area contributed by atoms with Crippen molar-refractivity contribution in [2.24, 2.45) is 5.73 Å². The lowest BCUT2D eigenvalue weighted by Gasteiger charge is -2.44. The normalized spacial score (nSPS) is 36.5. The summed E-state index contributed by atoms with van der Waals surface area (Å²) in [6, 6.07) is -1.09. The van der Waals surface area contributed by atoms with Crippen LogP contribution in [0, 0.1) is 0 Å². The van der Waals surface area contributed by atoms with E-state index in [1.165, 1.54) is 6.92 Å². The lowest BCUT2D eigenvalue weighted by molar-refractivity contribution is -0.305. The SMILES string of the molecule is CC1(O)O[C@H](CO)[C@@H](O)[C@H](O)[C@H]1N.CNC[C@H](O)[C@@H](O)[C@H](O)[C@H](O)CO. The smallest absolute Gasteiger partial charge is 0.181 e. The van der Waals surface area contributed by atoms with Gasteiger partial charge in [-0.05, 0) is 14.0 Å². The van der Waals surface area contributed by atoms with Gasteiger partial charge in [-0.2, -0.15) is 0 Å². The predicted octanol–water partition coefficient (Wildman–Crippen LogP) is -6.22. The topological polar surface area (TPSA) is 229 Å². The standard InChI is InChI=1S/C7H15NO5.C7H17NO5/c1-7(12)6(8)5(11)4(10)3(2-9)13-7;1-8-2-4(10)6(12)7(13)5(11)3-9/h3-6,9-12H,2,8H2,1H3;4-13H,2-3H2,1H3/t3-,4-,5+,6-,7?;4-,5+,6+,7+/m10/s1. The zero-order chi connectivity index (χ0) is 20.7. The molecular formula is C14H32N2O10. The summed E-state index contributed by atoms with van der Waals surface area (Å²) in [4.78, 5) is 0. The summed E-state index contributed by atoms with van der Waals surface area (Å²) in [5.41, 5.74) is 5.40. The van der Waals surface area contributed by atoms with Crippen LogP contribution in [0.1, 0.15) is 6.92 Å². The maximum atomic E-state index is 9.50. The fourth-order valence-corrected chi connectivity index (χ4v) is 2.24. The fourth-order valence-electron chi connectivity index (χ4n) is 2.24. The van der Waals surface area contributed by atoms with Crippen LogP contribution in [0.3, 0.4) is 0 Å². The molecule has 0 amide bonds. The van der Waals surface area contributed by atoms with Gasteiger partial charge in [0.25, 0.3) is 0 Å². The quantitative estimate of drug-likeness (QED) is 0.196.